The summed E-state index contributed by atoms with van der Waals surface area (Å²) in [4.78, 5) is 2.58. The van der Waals surface area contributed by atoms with Gasteiger partial charge in [-0.25, -0.2) is 0 Å². The molecule has 19 heavy (non-hydrogen) atoms. The highest BCUT2D eigenvalue weighted by Crippen LogP contribution is 2.38. The Balaban J connectivity index is 1.89. The number of nitrogens with one attached hydrogen (secondary N) is 1. The van der Waals surface area contributed by atoms with Gasteiger partial charge < -0.3 is 4.90 Å². The first-order valence-corrected chi connectivity index (χ1v) is 7.97. The number of rotatable bonds is 5. The van der Waals surface area contributed by atoms with Crippen LogP contribution in [0.4, 0.5) is 0 Å². The fourth-order valence-electron chi connectivity index (χ4n) is 3.92. The van der Waals surface area contributed by atoms with Gasteiger partial charge in [-0.2, -0.15) is 5.26 Å². The topological polar surface area (TPSA) is 39.1 Å². The van der Waals surface area contributed by atoms with Gasteiger partial charge in [0.2, 0.25) is 0 Å². The molecule has 2 fully saturated rings. The van der Waals surface area contributed by atoms with Crippen LogP contribution in [0.2, 0.25) is 0 Å². The summed E-state index contributed by atoms with van der Waals surface area (Å²) < 4.78 is 0. The molecule has 3 heteroatoms. The molecule has 0 aromatic heterocycles. The van der Waals surface area contributed by atoms with Gasteiger partial charge in [0, 0.05) is 12.6 Å². The van der Waals surface area contributed by atoms with E-state index in [-0.39, 0.29) is 5.54 Å². The normalized spacial score (nSPS) is 35.9. The summed E-state index contributed by atoms with van der Waals surface area (Å²) in [5.74, 6) is 1.40. The summed E-state index contributed by atoms with van der Waals surface area (Å²) in [6, 6.07) is 3.01. The Bertz CT molecular complexity index is 333. The highest BCUT2D eigenvalue weighted by atomic mass is 15.1. The highest BCUT2D eigenvalue weighted by molar-refractivity contribution is 5.14. The Morgan fingerprint density at radius 2 is 2.21 bits per heavy atom. The first-order valence-electron chi connectivity index (χ1n) is 7.97. The largest absolute Gasteiger partial charge is 0.303 e. The van der Waals surface area contributed by atoms with Gasteiger partial charge in [-0.05, 0) is 64.5 Å². The minimum absolute atomic E-state index is 0.250. The minimum Gasteiger partial charge on any atom is -0.303 e. The van der Waals surface area contributed by atoms with E-state index in [0.717, 1.165) is 12.3 Å². The summed E-state index contributed by atoms with van der Waals surface area (Å²) in [6.07, 6.45) is 5.98. The fourth-order valence-corrected chi connectivity index (χ4v) is 3.92. The number of hydrogen-bond acceptors (Lipinski definition) is 3. The molecule has 2 aliphatic rings. The van der Waals surface area contributed by atoms with Crippen molar-refractivity contribution in [2.75, 3.05) is 19.6 Å². The molecule has 2 rings (SSSR count). The fraction of sp³-hybridized carbons (Fsp3) is 0.938. The zero-order valence-corrected chi connectivity index (χ0v) is 12.8. The molecule has 0 aromatic carbocycles. The van der Waals surface area contributed by atoms with Gasteiger partial charge >= 0.3 is 0 Å². The van der Waals surface area contributed by atoms with Gasteiger partial charge in [0.25, 0.3) is 0 Å². The molecule has 108 valence electrons. The maximum absolute atomic E-state index is 9.64. The molecular formula is C16H29N3. The SMILES string of the molecule is CC1CCN(CCC2CCCC2(C#N)NC(C)C)C1. The van der Waals surface area contributed by atoms with Crippen molar-refractivity contribution in [2.45, 2.75) is 64.5 Å². The van der Waals surface area contributed by atoms with Crippen molar-refractivity contribution >= 4 is 0 Å². The van der Waals surface area contributed by atoms with Gasteiger partial charge in [-0.1, -0.05) is 13.3 Å². The Morgan fingerprint density at radius 3 is 2.79 bits per heavy atom. The van der Waals surface area contributed by atoms with E-state index in [1.807, 2.05) is 0 Å². The smallest absolute Gasteiger partial charge is 0.109 e. The summed E-state index contributed by atoms with van der Waals surface area (Å²) in [5.41, 5.74) is -0.250. The zero-order valence-electron chi connectivity index (χ0n) is 12.8. The second kappa shape index (κ2) is 6.24. The predicted molar refractivity (Wildman–Crippen MR) is 78.8 cm³/mol. The summed E-state index contributed by atoms with van der Waals surface area (Å²) in [5, 5.41) is 13.2. The Kier molecular flexibility index (Phi) is 4.86. The van der Waals surface area contributed by atoms with E-state index in [0.29, 0.717) is 12.0 Å². The molecule has 1 saturated carbocycles. The lowest BCUT2D eigenvalue weighted by Crippen LogP contribution is -2.50. The van der Waals surface area contributed by atoms with Crippen LogP contribution in [0.3, 0.4) is 0 Å². The van der Waals surface area contributed by atoms with E-state index >= 15 is 0 Å². The van der Waals surface area contributed by atoms with Crippen molar-refractivity contribution in [1.29, 1.82) is 5.26 Å². The van der Waals surface area contributed by atoms with Crippen LogP contribution in [-0.4, -0.2) is 36.1 Å². The maximum Gasteiger partial charge on any atom is 0.109 e. The Labute approximate surface area is 118 Å². The van der Waals surface area contributed by atoms with Gasteiger partial charge in [0.15, 0.2) is 0 Å². The number of nitrogens with zero attached hydrogens (tertiary/aromatic N) is 2. The van der Waals surface area contributed by atoms with Gasteiger partial charge in [-0.3, -0.25) is 5.32 Å². The lowest BCUT2D eigenvalue weighted by molar-refractivity contribution is 0.237. The minimum atomic E-state index is -0.250. The third-order valence-electron chi connectivity index (χ3n) is 4.87. The van der Waals surface area contributed by atoms with Crippen LogP contribution in [0, 0.1) is 23.2 Å². The number of nitriles is 1. The van der Waals surface area contributed by atoms with E-state index in [9.17, 15) is 5.26 Å². The molecule has 1 saturated heterocycles. The van der Waals surface area contributed by atoms with Gasteiger partial charge in [0.1, 0.15) is 5.54 Å². The molecular weight excluding hydrogens is 234 g/mol. The van der Waals surface area contributed by atoms with Crippen molar-refractivity contribution < 1.29 is 0 Å². The molecule has 1 aliphatic heterocycles. The molecule has 0 aromatic rings. The number of likely N-dealkylation sites (tertiary alicyclic amines) is 1. The van der Waals surface area contributed by atoms with Gasteiger partial charge in [0.05, 0.1) is 6.07 Å². The predicted octanol–water partition coefficient (Wildman–Crippen LogP) is 2.78. The standard InChI is InChI=1S/C16H29N3/c1-13(2)18-16(12-17)8-4-5-15(16)7-10-19-9-6-14(3)11-19/h13-15,18H,4-11H2,1-3H3. The van der Waals surface area contributed by atoms with E-state index in [4.69, 9.17) is 0 Å². The molecule has 3 atom stereocenters. The Morgan fingerprint density at radius 1 is 1.42 bits per heavy atom. The van der Waals surface area contributed by atoms with Crippen LogP contribution < -0.4 is 5.32 Å². The first kappa shape index (κ1) is 14.8. The average Bonchev–Trinajstić information content (AvgIpc) is 2.93. The first-order chi connectivity index (χ1) is 9.05. The Hall–Kier alpha value is -0.590. The lowest BCUT2D eigenvalue weighted by atomic mass is 9.85. The molecule has 1 N–H and O–H groups in total. The van der Waals surface area contributed by atoms with Crippen molar-refractivity contribution in [3.05, 3.63) is 0 Å². The zero-order chi connectivity index (χ0) is 13.9. The van der Waals surface area contributed by atoms with Crippen LogP contribution >= 0.6 is 0 Å². The quantitative estimate of drug-likeness (QED) is 0.829. The van der Waals surface area contributed by atoms with Crippen molar-refractivity contribution in [3.8, 4) is 6.07 Å². The number of hydrogen-bond donors (Lipinski definition) is 1. The van der Waals surface area contributed by atoms with Crippen molar-refractivity contribution in [2.24, 2.45) is 11.8 Å². The highest BCUT2D eigenvalue weighted by Gasteiger charge is 2.43. The van der Waals surface area contributed by atoms with E-state index in [1.54, 1.807) is 0 Å². The third kappa shape index (κ3) is 3.49. The van der Waals surface area contributed by atoms with E-state index in [1.165, 1.54) is 45.3 Å². The molecule has 3 nitrogen and oxygen atoms in total. The van der Waals surface area contributed by atoms with Crippen LogP contribution in [0.15, 0.2) is 0 Å². The molecule has 1 heterocycles. The molecule has 0 spiro atoms. The molecule has 3 unspecified atom stereocenters. The summed E-state index contributed by atoms with van der Waals surface area (Å²) in [7, 11) is 0. The van der Waals surface area contributed by atoms with E-state index < -0.39 is 0 Å². The van der Waals surface area contributed by atoms with E-state index in [2.05, 4.69) is 37.1 Å². The molecule has 0 amide bonds. The van der Waals surface area contributed by atoms with Crippen LogP contribution in [0.25, 0.3) is 0 Å². The molecule has 0 bridgehead atoms. The van der Waals surface area contributed by atoms with Crippen LogP contribution in [0.5, 0.6) is 0 Å². The maximum atomic E-state index is 9.64. The second-order valence-corrected chi connectivity index (χ2v) is 6.95. The monoisotopic (exact) mass is 263 g/mol. The molecule has 1 aliphatic carbocycles. The third-order valence-corrected chi connectivity index (χ3v) is 4.87. The summed E-state index contributed by atoms with van der Waals surface area (Å²) >= 11 is 0. The van der Waals surface area contributed by atoms with Crippen LogP contribution in [-0.2, 0) is 0 Å². The lowest BCUT2D eigenvalue weighted by Gasteiger charge is -2.33. The molecule has 0 radical (unpaired) electrons. The van der Waals surface area contributed by atoms with Crippen molar-refractivity contribution in [3.63, 3.8) is 0 Å². The van der Waals surface area contributed by atoms with Gasteiger partial charge in [-0.15, -0.1) is 0 Å². The van der Waals surface area contributed by atoms with Crippen LogP contribution in [0.1, 0.15) is 52.9 Å². The summed E-state index contributed by atoms with van der Waals surface area (Å²) in [6.45, 7) is 10.3. The van der Waals surface area contributed by atoms with Crippen molar-refractivity contribution in [1.82, 2.24) is 10.2 Å². The second-order valence-electron chi connectivity index (χ2n) is 6.95. The average molecular weight is 263 g/mol.